The van der Waals surface area contributed by atoms with Gasteiger partial charge in [0.2, 0.25) is 16.0 Å². The normalized spacial score (nSPS) is 15.5. The molecule has 2 aromatic carbocycles. The molecule has 8 nitrogen and oxygen atoms in total. The number of piperidine rings is 1. The second-order valence-electron chi connectivity index (χ2n) is 6.97. The van der Waals surface area contributed by atoms with Gasteiger partial charge in [-0.05, 0) is 35.7 Å². The van der Waals surface area contributed by atoms with Gasteiger partial charge in [-0.25, -0.2) is 27.9 Å². The third-order valence-corrected chi connectivity index (χ3v) is 6.53. The molecule has 0 radical (unpaired) electrons. The van der Waals surface area contributed by atoms with E-state index in [4.69, 9.17) is 5.11 Å². The molecule has 0 atom stereocenters. The van der Waals surface area contributed by atoms with E-state index in [1.165, 1.54) is 12.4 Å². The monoisotopic (exact) mass is 412 g/mol. The first kappa shape index (κ1) is 19.3. The fraction of sp³-hybridized carbons (Fsp3) is 0.250. The minimum Gasteiger partial charge on any atom is -0.478 e. The lowest BCUT2D eigenvalue weighted by Gasteiger charge is -2.32. The summed E-state index contributed by atoms with van der Waals surface area (Å²) in [6, 6.07) is 12.6. The van der Waals surface area contributed by atoms with Crippen molar-refractivity contribution in [1.29, 1.82) is 0 Å². The number of carboxylic acids is 1. The molecule has 1 aliphatic rings. The number of fused-ring (bicyclic) bond motifs is 1. The number of carbonyl (C=O) groups is 1. The number of hydrogen-bond acceptors (Lipinski definition) is 6. The van der Waals surface area contributed by atoms with Crippen molar-refractivity contribution in [2.75, 3.05) is 18.0 Å². The lowest BCUT2D eigenvalue weighted by Crippen LogP contribution is -2.45. The summed E-state index contributed by atoms with van der Waals surface area (Å²) in [5.74, 6) is -0.621. The second kappa shape index (κ2) is 7.76. The van der Waals surface area contributed by atoms with Crippen molar-refractivity contribution < 1.29 is 18.3 Å². The number of benzene rings is 2. The van der Waals surface area contributed by atoms with Crippen LogP contribution in [0.1, 0.15) is 23.2 Å². The number of nitrogens with one attached hydrogen (secondary N) is 1. The van der Waals surface area contributed by atoms with Gasteiger partial charge in [-0.15, -0.1) is 0 Å². The minimum atomic E-state index is -3.61. The van der Waals surface area contributed by atoms with Gasteiger partial charge in [0.1, 0.15) is 0 Å². The van der Waals surface area contributed by atoms with E-state index in [9.17, 15) is 13.2 Å². The highest BCUT2D eigenvalue weighted by Crippen LogP contribution is 2.21. The van der Waals surface area contributed by atoms with Gasteiger partial charge in [0.25, 0.3) is 0 Å². The number of aromatic carboxylic acids is 1. The van der Waals surface area contributed by atoms with Crippen molar-refractivity contribution in [3.05, 3.63) is 60.4 Å². The van der Waals surface area contributed by atoms with E-state index in [1.807, 2.05) is 35.2 Å². The molecule has 0 aliphatic carbocycles. The number of hydrogen-bond donors (Lipinski definition) is 2. The van der Waals surface area contributed by atoms with Gasteiger partial charge in [-0.2, -0.15) is 0 Å². The standard InChI is InChI=1S/C20H20N4O4S/c25-19(26)16-12-21-20(22-13-16)24-9-7-17(8-10-24)23-29(27,28)18-6-5-14-3-1-2-4-15(14)11-18/h1-6,11-13,17,23H,7-10H2,(H,25,26). The van der Waals surface area contributed by atoms with Gasteiger partial charge in [-0.3, -0.25) is 0 Å². The maximum Gasteiger partial charge on any atom is 0.338 e. The van der Waals surface area contributed by atoms with Crippen LogP contribution in [0.2, 0.25) is 0 Å². The SMILES string of the molecule is O=C(O)c1cnc(N2CCC(NS(=O)(=O)c3ccc4ccccc4c3)CC2)nc1. The molecule has 2 N–H and O–H groups in total. The first-order valence-corrected chi connectivity index (χ1v) is 10.7. The summed E-state index contributed by atoms with van der Waals surface area (Å²) in [5, 5.41) is 10.8. The average Bonchev–Trinajstić information content (AvgIpc) is 2.74. The molecule has 1 aromatic heterocycles. The number of carboxylic acid groups (broad SMARTS) is 1. The molecule has 4 rings (SSSR count). The van der Waals surface area contributed by atoms with E-state index < -0.39 is 16.0 Å². The summed E-state index contributed by atoms with van der Waals surface area (Å²) >= 11 is 0. The maximum absolute atomic E-state index is 12.8. The Morgan fingerprint density at radius 3 is 2.34 bits per heavy atom. The molecule has 1 aliphatic heterocycles. The average molecular weight is 412 g/mol. The smallest absolute Gasteiger partial charge is 0.338 e. The molecular weight excluding hydrogens is 392 g/mol. The van der Waals surface area contributed by atoms with Gasteiger partial charge in [0.15, 0.2) is 0 Å². The number of sulfonamides is 1. The highest BCUT2D eigenvalue weighted by molar-refractivity contribution is 7.89. The van der Waals surface area contributed by atoms with Crippen LogP contribution in [-0.4, -0.2) is 48.6 Å². The van der Waals surface area contributed by atoms with Crippen molar-refractivity contribution in [1.82, 2.24) is 14.7 Å². The molecule has 1 saturated heterocycles. The first-order chi connectivity index (χ1) is 13.9. The summed E-state index contributed by atoms with van der Waals surface area (Å²) < 4.78 is 28.4. The topological polar surface area (TPSA) is 112 Å². The van der Waals surface area contributed by atoms with Crippen LogP contribution < -0.4 is 9.62 Å². The lowest BCUT2D eigenvalue weighted by atomic mass is 10.1. The van der Waals surface area contributed by atoms with Crippen LogP contribution in [0, 0.1) is 0 Å². The van der Waals surface area contributed by atoms with E-state index in [1.54, 1.807) is 12.1 Å². The quantitative estimate of drug-likeness (QED) is 0.661. The van der Waals surface area contributed by atoms with Crippen LogP contribution in [0.25, 0.3) is 10.8 Å². The molecule has 3 aromatic rings. The predicted molar refractivity (Wildman–Crippen MR) is 108 cm³/mol. The summed E-state index contributed by atoms with van der Waals surface area (Å²) in [4.78, 5) is 21.3. The molecule has 0 unspecified atom stereocenters. The summed E-state index contributed by atoms with van der Waals surface area (Å²) in [5.41, 5.74) is 0.0341. The van der Waals surface area contributed by atoms with Crippen molar-refractivity contribution in [3.8, 4) is 0 Å². The molecular formula is C20H20N4O4S. The zero-order chi connectivity index (χ0) is 20.4. The molecule has 0 bridgehead atoms. The Balaban J connectivity index is 1.41. The third-order valence-electron chi connectivity index (χ3n) is 5.02. The third kappa shape index (κ3) is 4.20. The zero-order valence-electron chi connectivity index (χ0n) is 15.5. The Hall–Kier alpha value is -3.04. The lowest BCUT2D eigenvalue weighted by molar-refractivity contribution is 0.0696. The van der Waals surface area contributed by atoms with E-state index >= 15 is 0 Å². The number of aromatic nitrogens is 2. The number of rotatable bonds is 5. The summed E-state index contributed by atoms with van der Waals surface area (Å²) in [6.45, 7) is 1.16. The Kier molecular flexibility index (Phi) is 5.16. The fourth-order valence-electron chi connectivity index (χ4n) is 3.41. The van der Waals surface area contributed by atoms with E-state index in [-0.39, 0.29) is 16.5 Å². The number of anilines is 1. The fourth-order valence-corrected chi connectivity index (χ4v) is 4.75. The Labute approximate surface area is 168 Å². The first-order valence-electron chi connectivity index (χ1n) is 9.24. The van der Waals surface area contributed by atoms with Gasteiger partial charge in [0, 0.05) is 31.5 Å². The van der Waals surface area contributed by atoms with Gasteiger partial charge in [-0.1, -0.05) is 30.3 Å². The second-order valence-corrected chi connectivity index (χ2v) is 8.68. The highest BCUT2D eigenvalue weighted by Gasteiger charge is 2.26. The van der Waals surface area contributed by atoms with E-state index in [0.29, 0.717) is 31.9 Å². The summed E-state index contributed by atoms with van der Waals surface area (Å²) in [6.07, 6.45) is 3.77. The van der Waals surface area contributed by atoms with Crippen LogP contribution in [0.5, 0.6) is 0 Å². The molecule has 1 fully saturated rings. The molecule has 0 saturated carbocycles. The van der Waals surface area contributed by atoms with Crippen LogP contribution in [-0.2, 0) is 10.0 Å². The van der Waals surface area contributed by atoms with Crippen molar-refractivity contribution >= 4 is 32.7 Å². The van der Waals surface area contributed by atoms with Crippen LogP contribution in [0.4, 0.5) is 5.95 Å². The molecule has 150 valence electrons. The van der Waals surface area contributed by atoms with Gasteiger partial charge in [0.05, 0.1) is 10.5 Å². The van der Waals surface area contributed by atoms with Gasteiger partial charge < -0.3 is 10.0 Å². The predicted octanol–water partition coefficient (Wildman–Crippen LogP) is 2.28. The van der Waals surface area contributed by atoms with E-state index in [2.05, 4.69) is 14.7 Å². The van der Waals surface area contributed by atoms with Crippen molar-refractivity contribution in [2.24, 2.45) is 0 Å². The minimum absolute atomic E-state index is 0.0341. The molecule has 29 heavy (non-hydrogen) atoms. The van der Waals surface area contributed by atoms with Crippen molar-refractivity contribution in [2.45, 2.75) is 23.8 Å². The Morgan fingerprint density at radius 1 is 1.03 bits per heavy atom. The summed E-state index contributed by atoms with van der Waals surface area (Å²) in [7, 11) is -3.61. The van der Waals surface area contributed by atoms with Crippen LogP contribution >= 0.6 is 0 Å². The number of nitrogens with zero attached hydrogens (tertiary/aromatic N) is 3. The van der Waals surface area contributed by atoms with Crippen molar-refractivity contribution in [3.63, 3.8) is 0 Å². The largest absolute Gasteiger partial charge is 0.478 e. The van der Waals surface area contributed by atoms with Crippen LogP contribution in [0.3, 0.4) is 0 Å². The maximum atomic E-state index is 12.8. The van der Waals surface area contributed by atoms with E-state index in [0.717, 1.165) is 10.8 Å². The Morgan fingerprint density at radius 2 is 1.69 bits per heavy atom. The molecule has 9 heteroatoms. The van der Waals surface area contributed by atoms with Crippen LogP contribution in [0.15, 0.2) is 59.8 Å². The highest BCUT2D eigenvalue weighted by atomic mass is 32.2. The molecule has 0 spiro atoms. The molecule has 0 amide bonds. The van der Waals surface area contributed by atoms with Gasteiger partial charge >= 0.3 is 5.97 Å². The Bertz CT molecular complexity index is 1140. The molecule has 2 heterocycles. The zero-order valence-corrected chi connectivity index (χ0v) is 16.3.